The Labute approximate surface area is 118 Å². The van der Waals surface area contributed by atoms with Crippen LogP contribution in [0, 0.1) is 5.82 Å². The van der Waals surface area contributed by atoms with Crippen molar-refractivity contribution < 1.29 is 13.6 Å². The van der Waals surface area contributed by atoms with E-state index >= 15 is 0 Å². The van der Waals surface area contributed by atoms with Crippen molar-refractivity contribution in [2.45, 2.75) is 13.3 Å². The zero-order chi connectivity index (χ0) is 13.8. The van der Waals surface area contributed by atoms with Gasteiger partial charge in [0.25, 0.3) is 0 Å². The molecule has 2 rings (SSSR count). The molecule has 0 amide bonds. The van der Waals surface area contributed by atoms with Gasteiger partial charge in [-0.25, -0.2) is 4.39 Å². The third-order valence-electron chi connectivity index (χ3n) is 2.68. The standard InChI is InChI=1S/C14H13BrFNO2/c1-9(18)14-11(16)3-2-4-12(14)17-8-7-10-5-6-13(15)19-10/h2-6,17H,7-8H2,1H3. The number of carbonyl (C=O) groups is 1. The number of hydrogen-bond donors (Lipinski definition) is 1. The lowest BCUT2D eigenvalue weighted by molar-refractivity contribution is 0.101. The number of furan rings is 1. The smallest absolute Gasteiger partial charge is 0.169 e. The second-order valence-corrected chi connectivity index (χ2v) is 4.88. The Balaban J connectivity index is 2.03. The topological polar surface area (TPSA) is 42.2 Å². The molecule has 5 heteroatoms. The Morgan fingerprint density at radius 1 is 1.37 bits per heavy atom. The predicted molar refractivity (Wildman–Crippen MR) is 75.0 cm³/mol. The lowest BCUT2D eigenvalue weighted by atomic mass is 10.1. The van der Waals surface area contributed by atoms with Crippen LogP contribution < -0.4 is 5.32 Å². The van der Waals surface area contributed by atoms with Crippen LogP contribution in [0.1, 0.15) is 23.0 Å². The Morgan fingerprint density at radius 2 is 2.16 bits per heavy atom. The molecule has 0 saturated carbocycles. The molecule has 0 atom stereocenters. The summed E-state index contributed by atoms with van der Waals surface area (Å²) in [5, 5.41) is 3.06. The number of halogens is 2. The highest BCUT2D eigenvalue weighted by Crippen LogP contribution is 2.20. The minimum absolute atomic E-state index is 0.100. The van der Waals surface area contributed by atoms with Gasteiger partial charge in [-0.15, -0.1) is 0 Å². The molecule has 0 aliphatic heterocycles. The van der Waals surface area contributed by atoms with Crippen LogP contribution >= 0.6 is 15.9 Å². The van der Waals surface area contributed by atoms with Gasteiger partial charge < -0.3 is 9.73 Å². The van der Waals surface area contributed by atoms with Crippen LogP contribution in [0.5, 0.6) is 0 Å². The highest BCUT2D eigenvalue weighted by molar-refractivity contribution is 9.10. The van der Waals surface area contributed by atoms with E-state index < -0.39 is 5.82 Å². The number of carbonyl (C=O) groups excluding carboxylic acids is 1. The Hall–Kier alpha value is -1.62. The van der Waals surface area contributed by atoms with Crippen molar-refractivity contribution in [2.24, 2.45) is 0 Å². The molecule has 0 spiro atoms. The molecule has 0 bridgehead atoms. The first-order valence-corrected chi connectivity index (χ1v) is 6.65. The summed E-state index contributed by atoms with van der Waals surface area (Å²) in [4.78, 5) is 11.4. The molecule has 2 aromatic rings. The highest BCUT2D eigenvalue weighted by Gasteiger charge is 2.12. The van der Waals surface area contributed by atoms with E-state index in [9.17, 15) is 9.18 Å². The minimum Gasteiger partial charge on any atom is -0.454 e. The second kappa shape index (κ2) is 6.02. The lowest BCUT2D eigenvalue weighted by Crippen LogP contribution is -2.09. The number of nitrogens with one attached hydrogen (secondary N) is 1. The summed E-state index contributed by atoms with van der Waals surface area (Å²) in [5.41, 5.74) is 0.612. The normalized spacial score (nSPS) is 10.5. The summed E-state index contributed by atoms with van der Waals surface area (Å²) < 4.78 is 19.6. The number of hydrogen-bond acceptors (Lipinski definition) is 3. The van der Waals surface area contributed by atoms with Gasteiger partial charge in [-0.2, -0.15) is 0 Å². The zero-order valence-electron chi connectivity index (χ0n) is 10.4. The van der Waals surface area contributed by atoms with Crippen LogP contribution in [-0.2, 0) is 6.42 Å². The van der Waals surface area contributed by atoms with Gasteiger partial charge in [0, 0.05) is 18.7 Å². The highest BCUT2D eigenvalue weighted by atomic mass is 79.9. The van der Waals surface area contributed by atoms with Gasteiger partial charge in [0.15, 0.2) is 10.5 Å². The molecule has 0 radical (unpaired) electrons. The molecule has 0 aliphatic rings. The van der Waals surface area contributed by atoms with Crippen molar-refractivity contribution in [2.75, 3.05) is 11.9 Å². The number of rotatable bonds is 5. The molecule has 19 heavy (non-hydrogen) atoms. The molecule has 100 valence electrons. The van der Waals surface area contributed by atoms with Gasteiger partial charge in [-0.1, -0.05) is 6.07 Å². The van der Waals surface area contributed by atoms with E-state index in [1.165, 1.54) is 13.0 Å². The quantitative estimate of drug-likeness (QED) is 0.843. The first-order valence-electron chi connectivity index (χ1n) is 5.85. The van der Waals surface area contributed by atoms with Crippen LogP contribution in [0.4, 0.5) is 10.1 Å². The lowest BCUT2D eigenvalue weighted by Gasteiger charge is -2.10. The van der Waals surface area contributed by atoms with E-state index in [1.807, 2.05) is 12.1 Å². The molecule has 0 saturated heterocycles. The Kier molecular flexibility index (Phi) is 4.37. The van der Waals surface area contributed by atoms with Crippen LogP contribution in [0.2, 0.25) is 0 Å². The van der Waals surface area contributed by atoms with Crippen LogP contribution in [0.25, 0.3) is 0 Å². The monoisotopic (exact) mass is 325 g/mol. The van der Waals surface area contributed by atoms with Crippen molar-refractivity contribution in [3.63, 3.8) is 0 Å². The van der Waals surface area contributed by atoms with Crippen LogP contribution in [0.3, 0.4) is 0 Å². The average molecular weight is 326 g/mol. The summed E-state index contributed by atoms with van der Waals surface area (Å²) in [6, 6.07) is 8.23. The van der Waals surface area contributed by atoms with Crippen molar-refractivity contribution >= 4 is 27.4 Å². The maximum atomic E-state index is 13.6. The maximum Gasteiger partial charge on any atom is 0.169 e. The Morgan fingerprint density at radius 3 is 2.79 bits per heavy atom. The predicted octanol–water partition coefficient (Wildman–Crippen LogP) is 4.04. The fraction of sp³-hybridized carbons (Fsp3) is 0.214. The molecule has 0 aliphatic carbocycles. The number of benzene rings is 1. The fourth-order valence-electron chi connectivity index (χ4n) is 1.84. The first kappa shape index (κ1) is 13.8. The van der Waals surface area contributed by atoms with Gasteiger partial charge in [0.2, 0.25) is 0 Å². The van der Waals surface area contributed by atoms with Gasteiger partial charge in [-0.05, 0) is 47.1 Å². The van der Waals surface area contributed by atoms with Crippen LogP contribution in [-0.4, -0.2) is 12.3 Å². The van der Waals surface area contributed by atoms with E-state index in [0.29, 0.717) is 23.3 Å². The first-order chi connectivity index (χ1) is 9.08. The minimum atomic E-state index is -0.502. The van der Waals surface area contributed by atoms with Gasteiger partial charge in [-0.3, -0.25) is 4.79 Å². The van der Waals surface area contributed by atoms with Crippen LogP contribution in [0.15, 0.2) is 39.4 Å². The molecule has 1 aromatic heterocycles. The number of ketones is 1. The van der Waals surface area contributed by atoms with E-state index in [1.54, 1.807) is 12.1 Å². The molecule has 1 heterocycles. The molecule has 1 N–H and O–H groups in total. The maximum absolute atomic E-state index is 13.6. The number of Topliss-reactive ketones (excluding diaryl/α,β-unsaturated/α-hetero) is 1. The van der Waals surface area contributed by atoms with Gasteiger partial charge >= 0.3 is 0 Å². The number of anilines is 1. The van der Waals surface area contributed by atoms with Crippen molar-refractivity contribution in [1.29, 1.82) is 0 Å². The third-order valence-corrected chi connectivity index (χ3v) is 3.11. The fourth-order valence-corrected chi connectivity index (χ4v) is 2.18. The van der Waals surface area contributed by atoms with E-state index in [-0.39, 0.29) is 11.3 Å². The molecule has 3 nitrogen and oxygen atoms in total. The second-order valence-electron chi connectivity index (χ2n) is 4.10. The van der Waals surface area contributed by atoms with E-state index in [4.69, 9.17) is 4.42 Å². The van der Waals surface area contributed by atoms with E-state index in [2.05, 4.69) is 21.2 Å². The summed E-state index contributed by atoms with van der Waals surface area (Å²) in [6.07, 6.45) is 0.652. The third kappa shape index (κ3) is 3.44. The molecular formula is C14H13BrFNO2. The van der Waals surface area contributed by atoms with Crippen molar-refractivity contribution in [3.8, 4) is 0 Å². The SMILES string of the molecule is CC(=O)c1c(F)cccc1NCCc1ccc(Br)o1. The largest absolute Gasteiger partial charge is 0.454 e. The Bertz CT molecular complexity index is 595. The summed E-state index contributed by atoms with van der Waals surface area (Å²) >= 11 is 3.23. The summed E-state index contributed by atoms with van der Waals surface area (Å²) in [7, 11) is 0. The summed E-state index contributed by atoms with van der Waals surface area (Å²) in [6.45, 7) is 1.91. The summed E-state index contributed by atoms with van der Waals surface area (Å²) in [5.74, 6) is 0.0275. The molecule has 1 aromatic carbocycles. The average Bonchev–Trinajstić information content (AvgIpc) is 2.74. The van der Waals surface area contributed by atoms with Crippen molar-refractivity contribution in [1.82, 2.24) is 0 Å². The molecule has 0 unspecified atom stereocenters. The zero-order valence-corrected chi connectivity index (χ0v) is 12.0. The van der Waals surface area contributed by atoms with Gasteiger partial charge in [0.05, 0.1) is 5.56 Å². The van der Waals surface area contributed by atoms with Gasteiger partial charge in [0.1, 0.15) is 11.6 Å². The van der Waals surface area contributed by atoms with Crippen molar-refractivity contribution in [3.05, 3.63) is 52.1 Å². The van der Waals surface area contributed by atoms with E-state index in [0.717, 1.165) is 5.76 Å². The molecular weight excluding hydrogens is 313 g/mol. The molecule has 0 fully saturated rings.